The molecule has 0 saturated carbocycles. The van der Waals surface area contributed by atoms with Gasteiger partial charge in [0.05, 0.1) is 0 Å². The molecule has 1 atom stereocenters. The third-order valence-corrected chi connectivity index (χ3v) is 1.54. The number of nitriles is 1. The number of hydrogen-bond donors (Lipinski definition) is 0. The van der Waals surface area contributed by atoms with E-state index in [1.54, 1.807) is 0 Å². The molecular formula is C4H7NSe. The molecule has 0 rings (SSSR count). The number of hydrogen-bond acceptors (Lipinski definition) is 1. The molecule has 0 bridgehead atoms. The fourth-order valence-electron chi connectivity index (χ4n) is 0.0913. The minimum atomic E-state index is 0.178. The van der Waals surface area contributed by atoms with E-state index in [-0.39, 0.29) is 4.82 Å². The summed E-state index contributed by atoms with van der Waals surface area (Å²) in [4.78, 5) is 0.178. The minimum absolute atomic E-state index is 0.178. The third-order valence-electron chi connectivity index (χ3n) is 0.536. The summed E-state index contributed by atoms with van der Waals surface area (Å²) < 4.78 is 0. The van der Waals surface area contributed by atoms with E-state index in [4.69, 9.17) is 5.26 Å². The zero-order valence-corrected chi connectivity index (χ0v) is 5.56. The normalized spacial score (nSPS) is 12.8. The number of rotatable bonds is 1. The molecule has 0 aliphatic carbocycles. The van der Waals surface area contributed by atoms with Gasteiger partial charge in [0.25, 0.3) is 0 Å². The Morgan fingerprint density at radius 3 is 2.50 bits per heavy atom. The van der Waals surface area contributed by atoms with Crippen molar-refractivity contribution < 1.29 is 0 Å². The molecule has 0 heterocycles. The van der Waals surface area contributed by atoms with Crippen LogP contribution >= 0.6 is 0 Å². The van der Waals surface area contributed by atoms with E-state index >= 15 is 0 Å². The van der Waals surface area contributed by atoms with Gasteiger partial charge in [-0.1, -0.05) is 0 Å². The Morgan fingerprint density at radius 2 is 2.50 bits per heavy atom. The summed E-state index contributed by atoms with van der Waals surface area (Å²) >= 11 is 2.32. The average Bonchev–Trinajstić information content (AvgIpc) is 1.65. The molecule has 0 aliphatic rings. The van der Waals surface area contributed by atoms with Gasteiger partial charge < -0.3 is 0 Å². The summed E-state index contributed by atoms with van der Waals surface area (Å²) in [7, 11) is 0. The van der Waals surface area contributed by atoms with Crippen LogP contribution in [0.15, 0.2) is 0 Å². The Balaban J connectivity index is 3.04. The Kier molecular flexibility index (Phi) is 3.21. The van der Waals surface area contributed by atoms with Crippen molar-refractivity contribution in [3.05, 3.63) is 0 Å². The summed E-state index contributed by atoms with van der Waals surface area (Å²) in [6, 6.07) is 2.09. The van der Waals surface area contributed by atoms with Gasteiger partial charge in [0.1, 0.15) is 0 Å². The fraction of sp³-hybridized carbons (Fsp3) is 0.750. The maximum absolute atomic E-state index is 8.07. The van der Waals surface area contributed by atoms with Crippen LogP contribution < -0.4 is 0 Å². The van der Waals surface area contributed by atoms with Gasteiger partial charge in [-0.15, -0.1) is 0 Å². The van der Waals surface area contributed by atoms with Crippen LogP contribution in [-0.4, -0.2) is 16.0 Å². The molecule has 0 saturated heterocycles. The molecule has 0 N–H and O–H groups in total. The fourth-order valence-corrected chi connectivity index (χ4v) is 0.0913. The van der Waals surface area contributed by atoms with E-state index < -0.39 is 0 Å². The third kappa shape index (κ3) is 2.26. The molecule has 1 nitrogen and oxygen atoms in total. The van der Waals surface area contributed by atoms with Crippen molar-refractivity contribution in [2.24, 2.45) is 0 Å². The van der Waals surface area contributed by atoms with Gasteiger partial charge in [-0.3, -0.25) is 0 Å². The van der Waals surface area contributed by atoms with Crippen LogP contribution in [0.1, 0.15) is 13.3 Å². The van der Waals surface area contributed by atoms with Crippen molar-refractivity contribution in [1.29, 1.82) is 5.26 Å². The van der Waals surface area contributed by atoms with Gasteiger partial charge in [0.15, 0.2) is 0 Å². The molecule has 6 heavy (non-hydrogen) atoms. The summed E-state index contributed by atoms with van der Waals surface area (Å²) in [6.07, 6.45) is 0.941. The van der Waals surface area contributed by atoms with Crippen LogP contribution in [-0.2, 0) is 0 Å². The molecule has 0 aromatic heterocycles. The molecule has 0 spiro atoms. The van der Waals surface area contributed by atoms with Gasteiger partial charge in [0.2, 0.25) is 0 Å². The molecular weight excluding hydrogens is 141 g/mol. The molecule has 0 amide bonds. The molecule has 2 heteroatoms. The standard InChI is InChI=1S/C4H7NSe/c1-2-4(6)3-5/h4,6H,2H2,1H3. The first kappa shape index (κ1) is 6.01. The van der Waals surface area contributed by atoms with E-state index in [9.17, 15) is 0 Å². The van der Waals surface area contributed by atoms with Crippen molar-refractivity contribution in [2.45, 2.75) is 18.2 Å². The van der Waals surface area contributed by atoms with E-state index in [1.807, 2.05) is 6.92 Å². The summed E-state index contributed by atoms with van der Waals surface area (Å²) in [6.45, 7) is 1.99. The topological polar surface area (TPSA) is 23.8 Å². The molecule has 34 valence electrons. The predicted octanol–water partition coefficient (Wildman–Crippen LogP) is 0.609. The van der Waals surface area contributed by atoms with E-state index in [1.165, 1.54) is 0 Å². The molecule has 0 radical (unpaired) electrons. The van der Waals surface area contributed by atoms with Crippen molar-refractivity contribution in [3.8, 4) is 6.07 Å². The first-order valence-electron chi connectivity index (χ1n) is 1.89. The van der Waals surface area contributed by atoms with Crippen molar-refractivity contribution in [2.75, 3.05) is 0 Å². The molecule has 0 aromatic rings. The van der Waals surface area contributed by atoms with Crippen LogP contribution in [0, 0.1) is 11.3 Å². The summed E-state index contributed by atoms with van der Waals surface area (Å²) in [5, 5.41) is 8.07. The quantitative estimate of drug-likeness (QED) is 0.500. The van der Waals surface area contributed by atoms with Gasteiger partial charge in [-0.2, -0.15) is 0 Å². The first-order valence-corrected chi connectivity index (χ1v) is 2.97. The van der Waals surface area contributed by atoms with Gasteiger partial charge >= 0.3 is 45.5 Å². The first-order chi connectivity index (χ1) is 2.81. The van der Waals surface area contributed by atoms with Gasteiger partial charge in [0, 0.05) is 0 Å². The second-order valence-corrected chi connectivity index (χ2v) is 2.36. The van der Waals surface area contributed by atoms with Crippen molar-refractivity contribution in [1.82, 2.24) is 0 Å². The van der Waals surface area contributed by atoms with E-state index in [2.05, 4.69) is 22.1 Å². The second kappa shape index (κ2) is 3.21. The van der Waals surface area contributed by atoms with Crippen molar-refractivity contribution >= 4 is 16.0 Å². The summed E-state index contributed by atoms with van der Waals surface area (Å²) in [5.74, 6) is 0. The van der Waals surface area contributed by atoms with Crippen LogP contribution in [0.2, 0.25) is 4.82 Å². The second-order valence-electron chi connectivity index (χ2n) is 1.05. The van der Waals surface area contributed by atoms with Crippen LogP contribution in [0.25, 0.3) is 0 Å². The molecule has 0 aromatic carbocycles. The monoisotopic (exact) mass is 149 g/mol. The average molecular weight is 148 g/mol. The van der Waals surface area contributed by atoms with E-state index in [0.29, 0.717) is 0 Å². The maximum atomic E-state index is 8.07. The van der Waals surface area contributed by atoms with E-state index in [0.717, 1.165) is 6.42 Å². The predicted molar refractivity (Wildman–Crippen MR) is 26.8 cm³/mol. The van der Waals surface area contributed by atoms with Crippen molar-refractivity contribution in [3.63, 3.8) is 0 Å². The van der Waals surface area contributed by atoms with Gasteiger partial charge in [-0.05, 0) is 0 Å². The van der Waals surface area contributed by atoms with Crippen LogP contribution in [0.3, 0.4) is 0 Å². The zero-order chi connectivity index (χ0) is 4.99. The van der Waals surface area contributed by atoms with Gasteiger partial charge in [-0.25, -0.2) is 0 Å². The Morgan fingerprint density at radius 1 is 2.00 bits per heavy atom. The number of nitrogens with zero attached hydrogens (tertiary/aromatic N) is 1. The zero-order valence-electron chi connectivity index (χ0n) is 3.68. The molecule has 0 aliphatic heterocycles. The molecule has 0 fully saturated rings. The Bertz CT molecular complexity index is 64.4. The van der Waals surface area contributed by atoms with Crippen LogP contribution in [0.5, 0.6) is 0 Å². The molecule has 1 unspecified atom stereocenters. The Hall–Kier alpha value is 0.00948. The Labute approximate surface area is 46.2 Å². The van der Waals surface area contributed by atoms with Crippen LogP contribution in [0.4, 0.5) is 0 Å². The summed E-state index contributed by atoms with van der Waals surface area (Å²) in [5.41, 5.74) is 0. The SMILES string of the molecule is CCC([SeH])C#N.